The molecular formula is C28H41N3O7. The van der Waals surface area contributed by atoms with Crippen LogP contribution in [0.2, 0.25) is 0 Å². The normalized spacial score (nSPS) is 22.0. The van der Waals surface area contributed by atoms with Gasteiger partial charge >= 0.3 is 12.1 Å². The highest BCUT2D eigenvalue weighted by atomic mass is 16.7. The third kappa shape index (κ3) is 6.22. The second kappa shape index (κ2) is 10.5. The minimum atomic E-state index is -0.951. The van der Waals surface area contributed by atoms with E-state index in [4.69, 9.17) is 19.0 Å². The van der Waals surface area contributed by atoms with E-state index in [1.807, 2.05) is 46.8 Å². The number of ether oxygens (including phenoxy) is 3. The number of nitrogens with one attached hydrogen (secondary N) is 1. The maximum atomic E-state index is 13.9. The van der Waals surface area contributed by atoms with E-state index in [0.717, 1.165) is 28.2 Å². The van der Waals surface area contributed by atoms with Gasteiger partial charge in [0.05, 0.1) is 26.5 Å². The molecule has 38 heavy (non-hydrogen) atoms. The molecule has 10 nitrogen and oxygen atoms in total. The Balaban J connectivity index is 1.87. The van der Waals surface area contributed by atoms with Crippen molar-refractivity contribution in [2.75, 3.05) is 20.8 Å². The number of aryl methyl sites for hydroxylation is 2. The molecule has 2 amide bonds. The molecule has 1 saturated heterocycles. The summed E-state index contributed by atoms with van der Waals surface area (Å²) < 4.78 is 15.9. The van der Waals surface area contributed by atoms with Gasteiger partial charge in [0.15, 0.2) is 5.60 Å². The largest absolute Gasteiger partial charge is 0.496 e. The molecule has 210 valence electrons. The van der Waals surface area contributed by atoms with Crippen LogP contribution in [0.1, 0.15) is 71.1 Å². The lowest BCUT2D eigenvalue weighted by atomic mass is 9.85. The zero-order chi connectivity index (χ0) is 28.6. The van der Waals surface area contributed by atoms with Gasteiger partial charge in [-0.3, -0.25) is 4.79 Å². The van der Waals surface area contributed by atoms with Crippen molar-refractivity contribution in [1.82, 2.24) is 10.2 Å². The summed E-state index contributed by atoms with van der Waals surface area (Å²) in [6.45, 7) is 14.8. The lowest BCUT2D eigenvalue weighted by molar-refractivity contribution is -0.152. The van der Waals surface area contributed by atoms with Crippen molar-refractivity contribution in [2.45, 2.75) is 91.5 Å². The number of benzene rings is 1. The average molecular weight is 532 g/mol. The third-order valence-corrected chi connectivity index (χ3v) is 6.77. The molecule has 1 N–H and O–H groups in total. The van der Waals surface area contributed by atoms with E-state index in [1.54, 1.807) is 27.9 Å². The second-order valence-electron chi connectivity index (χ2n) is 12.3. The molecule has 0 saturated carbocycles. The molecule has 10 heteroatoms. The topological polar surface area (TPSA) is 116 Å². The predicted molar refractivity (Wildman–Crippen MR) is 142 cm³/mol. The Hall–Kier alpha value is -3.30. The minimum Gasteiger partial charge on any atom is -0.496 e. The molecule has 1 aromatic carbocycles. The van der Waals surface area contributed by atoms with E-state index >= 15 is 0 Å². The number of hydrogen-bond acceptors (Lipinski definition) is 8. The Kier molecular flexibility index (Phi) is 8.05. The van der Waals surface area contributed by atoms with Crippen LogP contribution < -0.4 is 10.1 Å². The van der Waals surface area contributed by atoms with Gasteiger partial charge in [0.1, 0.15) is 23.4 Å². The first-order valence-electron chi connectivity index (χ1n) is 12.8. The zero-order valence-corrected chi connectivity index (χ0v) is 24.2. The summed E-state index contributed by atoms with van der Waals surface area (Å²) in [4.78, 5) is 46.8. The molecular weight excluding hydrogens is 490 g/mol. The highest BCUT2D eigenvalue weighted by Crippen LogP contribution is 2.40. The highest BCUT2D eigenvalue weighted by molar-refractivity contribution is 6.02. The molecule has 0 unspecified atom stereocenters. The fourth-order valence-electron chi connectivity index (χ4n) is 5.08. The lowest BCUT2D eigenvalue weighted by Gasteiger charge is -2.35. The van der Waals surface area contributed by atoms with Crippen LogP contribution in [0.15, 0.2) is 17.3 Å². The number of carbonyl (C=O) groups is 3. The van der Waals surface area contributed by atoms with E-state index in [1.165, 1.54) is 12.0 Å². The molecule has 0 bridgehead atoms. The van der Waals surface area contributed by atoms with E-state index < -0.39 is 46.7 Å². The molecule has 0 aliphatic carbocycles. The van der Waals surface area contributed by atoms with E-state index in [9.17, 15) is 14.4 Å². The van der Waals surface area contributed by atoms with Crippen LogP contribution in [0, 0.1) is 19.3 Å². The summed E-state index contributed by atoms with van der Waals surface area (Å²) in [6.07, 6.45) is -0.0763. The molecule has 0 radical (unpaired) electrons. The monoisotopic (exact) mass is 531 g/mol. The van der Waals surface area contributed by atoms with E-state index in [2.05, 4.69) is 10.5 Å². The molecule has 0 aromatic heterocycles. The summed E-state index contributed by atoms with van der Waals surface area (Å²) in [5.41, 5.74) is 1.30. The van der Waals surface area contributed by atoms with Gasteiger partial charge in [0.25, 0.3) is 0 Å². The van der Waals surface area contributed by atoms with Gasteiger partial charge in [-0.1, -0.05) is 25.9 Å². The Morgan fingerprint density at radius 3 is 2.21 bits per heavy atom. The number of esters is 1. The van der Waals surface area contributed by atoms with Crippen molar-refractivity contribution >= 4 is 23.7 Å². The first-order chi connectivity index (χ1) is 17.5. The SMILES string of the molecule is COC(=O)[C@@H]1C[C@]2(CC(c3cc(C)c(OC)c(C)c3)=NO2)CN1C(=O)[C@@H](NC(=O)OC(C)(C)C)C(C)(C)C. The van der Waals surface area contributed by atoms with Gasteiger partial charge in [0, 0.05) is 18.4 Å². The molecule has 3 atom stereocenters. The van der Waals surface area contributed by atoms with Crippen LogP contribution in [0.25, 0.3) is 0 Å². The van der Waals surface area contributed by atoms with Crippen LogP contribution in [0.3, 0.4) is 0 Å². The summed E-state index contributed by atoms with van der Waals surface area (Å²) >= 11 is 0. The number of nitrogens with zero attached hydrogens (tertiary/aromatic N) is 2. The number of oxime groups is 1. The van der Waals surface area contributed by atoms with Gasteiger partial charge in [-0.2, -0.15) is 0 Å². The Labute approximate surface area is 225 Å². The standard InChI is InChI=1S/C28H41N3O7/c1-16-11-18(12-17(2)21(16)35-9)19-13-28(38-30-19)14-20(24(33)36-10)31(15-28)23(32)22(26(3,4)5)29-25(34)37-27(6,7)8/h11-12,20,22H,13-15H2,1-10H3,(H,29,34)/t20-,22+,28+/m0/s1. The lowest BCUT2D eigenvalue weighted by Crippen LogP contribution is -2.57. The minimum absolute atomic E-state index is 0.120. The molecule has 2 aliphatic heterocycles. The number of alkyl carbamates (subject to hydrolysis) is 1. The number of hydrogen-bond donors (Lipinski definition) is 1. The fourth-order valence-corrected chi connectivity index (χ4v) is 5.08. The molecule has 2 heterocycles. The molecule has 1 aromatic rings. The maximum Gasteiger partial charge on any atom is 0.408 e. The first kappa shape index (κ1) is 29.3. The van der Waals surface area contributed by atoms with Crippen LogP contribution in [0.4, 0.5) is 4.79 Å². The Bertz CT molecular complexity index is 1110. The Morgan fingerprint density at radius 1 is 1.11 bits per heavy atom. The molecule has 2 aliphatic rings. The van der Waals surface area contributed by atoms with Crippen LogP contribution >= 0.6 is 0 Å². The number of likely N-dealkylation sites (tertiary alicyclic amines) is 1. The first-order valence-corrected chi connectivity index (χ1v) is 12.8. The van der Waals surface area contributed by atoms with Crippen molar-refractivity contribution in [1.29, 1.82) is 0 Å². The van der Waals surface area contributed by atoms with Gasteiger partial charge in [0.2, 0.25) is 5.91 Å². The quantitative estimate of drug-likeness (QED) is 0.573. The van der Waals surface area contributed by atoms with Crippen molar-refractivity contribution in [2.24, 2.45) is 10.6 Å². The van der Waals surface area contributed by atoms with Gasteiger partial charge in [-0.25, -0.2) is 9.59 Å². The average Bonchev–Trinajstić information content (AvgIpc) is 3.38. The van der Waals surface area contributed by atoms with Gasteiger partial charge < -0.3 is 29.3 Å². The number of carbonyl (C=O) groups excluding carboxylic acids is 3. The molecule has 1 fully saturated rings. The third-order valence-electron chi connectivity index (χ3n) is 6.77. The summed E-state index contributed by atoms with van der Waals surface area (Å²) in [5.74, 6) is -0.144. The molecule has 1 spiro atoms. The van der Waals surface area contributed by atoms with Crippen LogP contribution in [-0.4, -0.2) is 72.6 Å². The van der Waals surface area contributed by atoms with E-state index in [-0.39, 0.29) is 13.0 Å². The highest BCUT2D eigenvalue weighted by Gasteiger charge is 2.56. The van der Waals surface area contributed by atoms with Crippen molar-refractivity contribution in [3.63, 3.8) is 0 Å². The van der Waals surface area contributed by atoms with Crippen molar-refractivity contribution in [3.05, 3.63) is 28.8 Å². The van der Waals surface area contributed by atoms with Crippen LogP contribution in [-0.2, 0) is 23.9 Å². The van der Waals surface area contributed by atoms with E-state index in [0.29, 0.717) is 6.42 Å². The number of rotatable bonds is 5. The van der Waals surface area contributed by atoms with Crippen LogP contribution in [0.5, 0.6) is 5.75 Å². The summed E-state index contributed by atoms with van der Waals surface area (Å²) in [7, 11) is 2.93. The number of amides is 2. The summed E-state index contributed by atoms with van der Waals surface area (Å²) in [5, 5.41) is 7.09. The smallest absolute Gasteiger partial charge is 0.408 e. The van der Waals surface area contributed by atoms with Crippen molar-refractivity contribution < 1.29 is 33.4 Å². The second-order valence-corrected chi connectivity index (χ2v) is 12.3. The Morgan fingerprint density at radius 2 is 1.71 bits per heavy atom. The van der Waals surface area contributed by atoms with Crippen molar-refractivity contribution in [3.8, 4) is 5.75 Å². The number of methoxy groups -OCH3 is 2. The zero-order valence-electron chi connectivity index (χ0n) is 24.2. The maximum absolute atomic E-state index is 13.9. The fraction of sp³-hybridized carbons (Fsp3) is 0.643. The predicted octanol–water partition coefficient (Wildman–Crippen LogP) is 3.89. The molecule has 3 rings (SSSR count). The van der Waals surface area contributed by atoms with Gasteiger partial charge in [-0.15, -0.1) is 0 Å². The summed E-state index contributed by atoms with van der Waals surface area (Å²) in [6, 6.07) is 2.15. The van der Waals surface area contributed by atoms with Gasteiger partial charge in [-0.05, 0) is 63.3 Å².